The number of aryl methyl sites for hydroxylation is 1. The monoisotopic (exact) mass is 407 g/mol. The maximum atomic E-state index is 12.7. The SMILES string of the molecule is COc1cc2c(cc1O)CCC(C)(C)C2(C)CCNC(=O)c1ccc2nc[nH]c2c1. The zero-order chi connectivity index (χ0) is 21.5. The number of hydrogen-bond donors (Lipinski definition) is 3. The molecule has 1 aliphatic rings. The lowest BCUT2D eigenvalue weighted by atomic mass is 9.55. The van der Waals surface area contributed by atoms with E-state index < -0.39 is 0 Å². The van der Waals surface area contributed by atoms with Crippen LogP contribution >= 0.6 is 0 Å². The van der Waals surface area contributed by atoms with Gasteiger partial charge in [0.2, 0.25) is 0 Å². The first-order valence-electron chi connectivity index (χ1n) is 10.4. The fourth-order valence-corrected chi connectivity index (χ4v) is 4.66. The van der Waals surface area contributed by atoms with Crippen molar-refractivity contribution >= 4 is 16.9 Å². The minimum absolute atomic E-state index is 0.0432. The average molecular weight is 408 g/mol. The van der Waals surface area contributed by atoms with E-state index in [1.54, 1.807) is 19.5 Å². The first-order valence-corrected chi connectivity index (χ1v) is 10.4. The standard InChI is InChI=1S/C24H29N3O3/c1-23(2)8-7-15-12-20(28)21(30-4)13-17(15)24(23,3)9-10-25-22(29)16-5-6-18-19(11-16)27-14-26-18/h5-6,11-14,28H,7-10H2,1-4H3,(H,25,29)(H,26,27). The lowest BCUT2D eigenvalue weighted by Gasteiger charge is -2.49. The average Bonchev–Trinajstić information content (AvgIpc) is 3.19. The van der Waals surface area contributed by atoms with Gasteiger partial charge in [-0.25, -0.2) is 4.98 Å². The smallest absolute Gasteiger partial charge is 0.251 e. The van der Waals surface area contributed by atoms with Gasteiger partial charge in [0.15, 0.2) is 11.5 Å². The summed E-state index contributed by atoms with van der Waals surface area (Å²) in [6.45, 7) is 7.37. The third kappa shape index (κ3) is 3.30. The van der Waals surface area contributed by atoms with Crippen molar-refractivity contribution in [3.8, 4) is 11.5 Å². The number of carbonyl (C=O) groups excluding carboxylic acids is 1. The summed E-state index contributed by atoms with van der Waals surface area (Å²) in [4.78, 5) is 19.9. The number of phenols is 1. The van der Waals surface area contributed by atoms with Crippen LogP contribution in [0.3, 0.4) is 0 Å². The fraction of sp³-hybridized carbons (Fsp3) is 0.417. The van der Waals surface area contributed by atoms with Crippen LogP contribution in [0.4, 0.5) is 0 Å². The van der Waals surface area contributed by atoms with Crippen LogP contribution in [0.15, 0.2) is 36.7 Å². The van der Waals surface area contributed by atoms with E-state index in [9.17, 15) is 9.90 Å². The fourth-order valence-electron chi connectivity index (χ4n) is 4.66. The van der Waals surface area contributed by atoms with E-state index in [0.717, 1.165) is 35.9 Å². The highest BCUT2D eigenvalue weighted by Crippen LogP contribution is 2.53. The Kier molecular flexibility index (Phi) is 4.96. The molecule has 3 N–H and O–H groups in total. The number of hydrogen-bond acceptors (Lipinski definition) is 4. The van der Waals surface area contributed by atoms with Crippen LogP contribution in [-0.2, 0) is 11.8 Å². The van der Waals surface area contributed by atoms with Gasteiger partial charge in [0.05, 0.1) is 24.5 Å². The molecular formula is C24H29N3O3. The molecule has 6 nitrogen and oxygen atoms in total. The molecule has 158 valence electrons. The Morgan fingerprint density at radius 1 is 1.27 bits per heavy atom. The predicted octanol–water partition coefficient (Wildman–Crippen LogP) is 4.33. The Hall–Kier alpha value is -3.02. The second-order valence-electron chi connectivity index (χ2n) is 9.04. The molecule has 1 amide bonds. The van der Waals surface area contributed by atoms with Crippen molar-refractivity contribution in [3.05, 3.63) is 53.3 Å². The van der Waals surface area contributed by atoms with Gasteiger partial charge in [0.25, 0.3) is 5.91 Å². The molecule has 1 heterocycles. The third-order valence-electron chi connectivity index (χ3n) is 7.11. The molecule has 30 heavy (non-hydrogen) atoms. The number of imidazole rings is 1. The number of benzene rings is 2. The van der Waals surface area contributed by atoms with E-state index in [2.05, 4.69) is 36.1 Å². The normalized spacial score (nSPS) is 20.0. The molecule has 1 aliphatic carbocycles. The number of methoxy groups -OCH3 is 1. The first kappa shape index (κ1) is 20.3. The van der Waals surface area contributed by atoms with Gasteiger partial charge in [0, 0.05) is 12.1 Å². The molecule has 1 aromatic heterocycles. The largest absolute Gasteiger partial charge is 0.504 e. The molecule has 6 heteroatoms. The number of phenolic OH excluding ortho intramolecular Hbond substituents is 1. The lowest BCUT2D eigenvalue weighted by Crippen LogP contribution is -2.45. The Bertz CT molecular complexity index is 1100. The van der Waals surface area contributed by atoms with Gasteiger partial charge in [-0.2, -0.15) is 0 Å². The highest BCUT2D eigenvalue weighted by atomic mass is 16.5. The minimum Gasteiger partial charge on any atom is -0.504 e. The van der Waals surface area contributed by atoms with Gasteiger partial charge in [-0.1, -0.05) is 20.8 Å². The zero-order valence-corrected chi connectivity index (χ0v) is 18.0. The topological polar surface area (TPSA) is 87.2 Å². The summed E-state index contributed by atoms with van der Waals surface area (Å²) in [5, 5.41) is 13.3. The number of H-pyrrole nitrogens is 1. The van der Waals surface area contributed by atoms with Crippen molar-refractivity contribution in [1.82, 2.24) is 15.3 Å². The Morgan fingerprint density at radius 2 is 2.07 bits per heavy atom. The molecule has 0 aliphatic heterocycles. The van der Waals surface area contributed by atoms with Gasteiger partial charge in [-0.05, 0) is 71.6 Å². The molecule has 1 atom stereocenters. The Morgan fingerprint density at radius 3 is 2.83 bits per heavy atom. The molecule has 3 aromatic rings. The summed E-state index contributed by atoms with van der Waals surface area (Å²) in [5.74, 6) is 0.586. The molecular weight excluding hydrogens is 378 g/mol. The van der Waals surface area contributed by atoms with Crippen molar-refractivity contribution in [1.29, 1.82) is 0 Å². The molecule has 1 unspecified atom stereocenters. The van der Waals surface area contributed by atoms with Crippen molar-refractivity contribution < 1.29 is 14.6 Å². The summed E-state index contributed by atoms with van der Waals surface area (Å²) in [6, 6.07) is 9.28. The summed E-state index contributed by atoms with van der Waals surface area (Å²) in [5.41, 5.74) is 4.55. The number of carbonyl (C=O) groups is 1. The van der Waals surface area contributed by atoms with Gasteiger partial charge in [-0.3, -0.25) is 4.79 Å². The lowest BCUT2D eigenvalue weighted by molar-refractivity contribution is 0.0932. The van der Waals surface area contributed by atoms with E-state index in [1.807, 2.05) is 24.3 Å². The van der Waals surface area contributed by atoms with Crippen molar-refractivity contribution in [2.24, 2.45) is 5.41 Å². The summed E-state index contributed by atoms with van der Waals surface area (Å²) in [6.07, 6.45) is 4.36. The highest BCUT2D eigenvalue weighted by molar-refractivity contribution is 5.97. The summed E-state index contributed by atoms with van der Waals surface area (Å²) in [7, 11) is 1.57. The molecule has 0 saturated carbocycles. The van der Waals surface area contributed by atoms with Gasteiger partial charge in [-0.15, -0.1) is 0 Å². The number of nitrogens with one attached hydrogen (secondary N) is 2. The maximum absolute atomic E-state index is 12.7. The number of rotatable bonds is 5. The second kappa shape index (κ2) is 7.35. The zero-order valence-electron chi connectivity index (χ0n) is 18.0. The molecule has 2 aromatic carbocycles. The number of amides is 1. The summed E-state index contributed by atoms with van der Waals surface area (Å²) < 4.78 is 5.37. The minimum atomic E-state index is -0.165. The predicted molar refractivity (Wildman–Crippen MR) is 117 cm³/mol. The summed E-state index contributed by atoms with van der Waals surface area (Å²) >= 11 is 0. The maximum Gasteiger partial charge on any atom is 0.251 e. The molecule has 0 saturated heterocycles. The van der Waals surface area contributed by atoms with Crippen LogP contribution in [0, 0.1) is 5.41 Å². The highest BCUT2D eigenvalue weighted by Gasteiger charge is 2.46. The van der Waals surface area contributed by atoms with Crippen LogP contribution in [-0.4, -0.2) is 34.6 Å². The number of nitrogens with zero attached hydrogens (tertiary/aromatic N) is 1. The van der Waals surface area contributed by atoms with Crippen molar-refractivity contribution in [2.45, 2.75) is 45.4 Å². The van der Waals surface area contributed by atoms with E-state index in [1.165, 1.54) is 5.56 Å². The molecule has 0 bridgehead atoms. The Labute approximate surface area is 176 Å². The first-order chi connectivity index (χ1) is 14.2. The van der Waals surface area contributed by atoms with E-state index in [4.69, 9.17) is 4.74 Å². The van der Waals surface area contributed by atoms with Crippen LogP contribution in [0.5, 0.6) is 11.5 Å². The van der Waals surface area contributed by atoms with Crippen LogP contribution in [0.25, 0.3) is 11.0 Å². The Balaban J connectivity index is 1.54. The van der Waals surface area contributed by atoms with Crippen LogP contribution in [0.1, 0.15) is 55.1 Å². The number of aromatic amines is 1. The van der Waals surface area contributed by atoms with Crippen molar-refractivity contribution in [2.75, 3.05) is 13.7 Å². The second-order valence-corrected chi connectivity index (χ2v) is 9.04. The number of fused-ring (bicyclic) bond motifs is 2. The van der Waals surface area contributed by atoms with Gasteiger partial charge >= 0.3 is 0 Å². The van der Waals surface area contributed by atoms with E-state index in [-0.39, 0.29) is 22.5 Å². The number of aromatic nitrogens is 2. The van der Waals surface area contributed by atoms with Crippen molar-refractivity contribution in [3.63, 3.8) is 0 Å². The quantitative estimate of drug-likeness (QED) is 0.588. The van der Waals surface area contributed by atoms with E-state index >= 15 is 0 Å². The van der Waals surface area contributed by atoms with Crippen LogP contribution < -0.4 is 10.1 Å². The molecule has 0 radical (unpaired) electrons. The number of aromatic hydroxyl groups is 1. The molecule has 0 fully saturated rings. The van der Waals surface area contributed by atoms with Gasteiger partial charge in [0.1, 0.15) is 0 Å². The molecule has 4 rings (SSSR count). The molecule has 0 spiro atoms. The van der Waals surface area contributed by atoms with E-state index in [0.29, 0.717) is 17.9 Å². The van der Waals surface area contributed by atoms with Gasteiger partial charge < -0.3 is 20.1 Å². The van der Waals surface area contributed by atoms with Crippen LogP contribution in [0.2, 0.25) is 0 Å². The number of ether oxygens (including phenoxy) is 1. The third-order valence-corrected chi connectivity index (χ3v) is 7.11.